The fourth-order valence-electron chi connectivity index (χ4n) is 10.1. The average Bonchev–Trinajstić information content (AvgIpc) is 3.96. The minimum Gasteiger partial charge on any atom is -0.320 e. The van der Waals surface area contributed by atoms with E-state index < -0.39 is 24.2 Å². The van der Waals surface area contributed by atoms with Crippen LogP contribution in [-0.4, -0.2) is 23.8 Å². The molecule has 6 heteroatoms. The summed E-state index contributed by atoms with van der Waals surface area (Å²) in [5.41, 5.74) is 10.7. The van der Waals surface area contributed by atoms with E-state index >= 15 is 0 Å². The van der Waals surface area contributed by atoms with Crippen LogP contribution in [0.4, 0.5) is 5.69 Å². The van der Waals surface area contributed by atoms with E-state index in [1.165, 1.54) is 75.7 Å². The molecular weight excluding hydrogens is 813 g/mol. The van der Waals surface area contributed by atoms with E-state index in [1.54, 1.807) is 0 Å². The maximum absolute atomic E-state index is 2.96. The first-order valence-electron chi connectivity index (χ1n) is 22.2. The van der Waals surface area contributed by atoms with Gasteiger partial charge in [-0.3, -0.25) is 4.44 Å². The Hall–Kier alpha value is -3.98. The number of para-hydroxylation sites is 1. The van der Waals surface area contributed by atoms with Gasteiger partial charge in [-0.1, -0.05) is 208 Å². The van der Waals surface area contributed by atoms with Crippen molar-refractivity contribution in [2.45, 2.75) is 61.7 Å². The summed E-state index contributed by atoms with van der Waals surface area (Å²) < 4.78 is 5.86. The van der Waals surface area contributed by atoms with Crippen molar-refractivity contribution < 1.29 is 0 Å². The van der Waals surface area contributed by atoms with Crippen molar-refractivity contribution in [3.05, 3.63) is 234 Å². The normalized spacial score (nSPS) is 22.1. The molecule has 0 spiro atoms. The molecule has 0 saturated carbocycles. The second kappa shape index (κ2) is 20.0. The van der Waals surface area contributed by atoms with Gasteiger partial charge in [0.2, 0.25) is 0 Å². The fourth-order valence-corrected chi connectivity index (χ4v) is 24.5. The third-order valence-electron chi connectivity index (χ3n) is 12.9. The van der Waals surface area contributed by atoms with Crippen LogP contribution in [0.1, 0.15) is 89.5 Å². The van der Waals surface area contributed by atoms with Crippen LogP contribution in [0.25, 0.3) is 0 Å². The lowest BCUT2D eigenvalue weighted by molar-refractivity contribution is 0.645. The molecule has 2 fully saturated rings. The van der Waals surface area contributed by atoms with E-state index in [1.807, 2.05) is 0 Å². The first-order valence-corrected chi connectivity index (χ1v) is 28.0. The van der Waals surface area contributed by atoms with Crippen molar-refractivity contribution in [2.75, 3.05) is 23.8 Å². The summed E-state index contributed by atoms with van der Waals surface area (Å²) in [5.74, 6) is 0.429. The van der Waals surface area contributed by atoms with E-state index in [0.29, 0.717) is 28.6 Å². The summed E-state index contributed by atoms with van der Waals surface area (Å²) in [6, 6.07) is 79.0. The molecule has 0 N–H and O–H groups in total. The Morgan fingerprint density at radius 3 is 1.33 bits per heavy atom. The van der Waals surface area contributed by atoms with Crippen LogP contribution in [0.5, 0.6) is 0 Å². The maximum atomic E-state index is 2.96. The molecule has 2 saturated heterocycles. The lowest BCUT2D eigenvalue weighted by atomic mass is 9.87. The van der Waals surface area contributed by atoms with Crippen LogP contribution < -0.4 is 15.1 Å². The molecule has 0 amide bonds. The standard InChI is InChI=1S/C55H58N2P4/c1-4-58(5-2)56(3)61-54(46-28-16-8-17-29-46)42-51(55(61)47-30-18-9-19-31-47)43-36-38-50(39-37-43)59(49-34-22-11-23-35-49)57(48-32-20-10-21-33-48)60-52(44-24-12-6-13-25-44)40-41-53(60)45-26-14-7-15-27-45/h6-39,51-55H,4-5,40-42H2,1-3H3/t51?,52-,53-,54-,55+,59?,61?/m1/s1. The first-order chi connectivity index (χ1) is 30.1. The van der Waals surface area contributed by atoms with Gasteiger partial charge < -0.3 is 4.44 Å². The third-order valence-corrected chi connectivity index (χ3v) is 26.0. The molecule has 0 radical (unpaired) electrons. The van der Waals surface area contributed by atoms with Gasteiger partial charge in [-0.2, -0.15) is 0 Å². The molecule has 9 rings (SSSR count). The zero-order valence-corrected chi connectivity index (χ0v) is 39.3. The summed E-state index contributed by atoms with van der Waals surface area (Å²) in [6.07, 6.45) is 6.03. The highest BCUT2D eigenvalue weighted by molar-refractivity contribution is 7.85. The first kappa shape index (κ1) is 42.3. The van der Waals surface area contributed by atoms with Gasteiger partial charge in [0.05, 0.1) is 8.07 Å². The number of nitrogens with zero attached hydrogens (tertiary/aromatic N) is 2. The van der Waals surface area contributed by atoms with E-state index in [4.69, 9.17) is 0 Å². The van der Waals surface area contributed by atoms with Crippen molar-refractivity contribution in [1.29, 1.82) is 0 Å². The molecule has 7 atom stereocenters. The zero-order valence-electron chi connectivity index (χ0n) is 35.7. The number of hydrogen-bond acceptors (Lipinski definition) is 2. The predicted molar refractivity (Wildman–Crippen MR) is 271 cm³/mol. The Kier molecular flexibility index (Phi) is 13.9. The summed E-state index contributed by atoms with van der Waals surface area (Å²) in [5, 5.41) is 2.84. The molecule has 61 heavy (non-hydrogen) atoms. The van der Waals surface area contributed by atoms with Crippen LogP contribution in [0.3, 0.4) is 0 Å². The number of rotatable bonds is 14. The molecule has 0 bridgehead atoms. The average molecular weight is 871 g/mol. The quantitative estimate of drug-likeness (QED) is 0.100. The van der Waals surface area contributed by atoms with E-state index in [2.05, 4.69) is 236 Å². The molecule has 0 aromatic heterocycles. The number of benzene rings is 7. The van der Waals surface area contributed by atoms with E-state index in [0.717, 1.165) is 0 Å². The highest BCUT2D eigenvalue weighted by Gasteiger charge is 2.48. The van der Waals surface area contributed by atoms with Crippen LogP contribution >= 0.6 is 32.3 Å². The van der Waals surface area contributed by atoms with Gasteiger partial charge in [0.15, 0.2) is 0 Å². The lowest BCUT2D eigenvalue weighted by Gasteiger charge is -2.44. The summed E-state index contributed by atoms with van der Waals surface area (Å²) in [6.45, 7) is 4.81. The van der Waals surface area contributed by atoms with Gasteiger partial charge in [0, 0.05) is 47.0 Å². The van der Waals surface area contributed by atoms with Crippen molar-refractivity contribution in [3.63, 3.8) is 0 Å². The van der Waals surface area contributed by atoms with Crippen molar-refractivity contribution in [2.24, 2.45) is 0 Å². The van der Waals surface area contributed by atoms with E-state index in [-0.39, 0.29) is 8.07 Å². The predicted octanol–water partition coefficient (Wildman–Crippen LogP) is 15.9. The maximum Gasteiger partial charge on any atom is 0.0585 e. The van der Waals surface area contributed by atoms with Crippen molar-refractivity contribution in [1.82, 2.24) is 4.44 Å². The summed E-state index contributed by atoms with van der Waals surface area (Å²) >= 11 is 0. The summed E-state index contributed by atoms with van der Waals surface area (Å²) in [4.78, 5) is 0. The zero-order chi connectivity index (χ0) is 41.5. The second-order valence-electron chi connectivity index (χ2n) is 16.3. The molecule has 3 unspecified atom stereocenters. The molecule has 308 valence electrons. The number of hydrogen-bond donors (Lipinski definition) is 0. The lowest BCUT2D eigenvalue weighted by Crippen LogP contribution is -2.27. The Morgan fingerprint density at radius 2 is 0.852 bits per heavy atom. The second-order valence-corrected chi connectivity index (χ2v) is 26.8. The van der Waals surface area contributed by atoms with Crippen LogP contribution in [0.15, 0.2) is 206 Å². The monoisotopic (exact) mass is 870 g/mol. The molecule has 2 heterocycles. The molecule has 2 nitrogen and oxygen atoms in total. The van der Waals surface area contributed by atoms with Gasteiger partial charge in [-0.15, -0.1) is 0 Å². The minimum atomic E-state index is -0.932. The van der Waals surface area contributed by atoms with Crippen LogP contribution in [0.2, 0.25) is 0 Å². The largest absolute Gasteiger partial charge is 0.320 e. The van der Waals surface area contributed by atoms with Gasteiger partial charge in [-0.25, -0.2) is 0 Å². The van der Waals surface area contributed by atoms with Gasteiger partial charge >= 0.3 is 0 Å². The Balaban J connectivity index is 1.18. The Bertz CT molecular complexity index is 2340. The highest BCUT2D eigenvalue weighted by atomic mass is 31.2. The van der Waals surface area contributed by atoms with Gasteiger partial charge in [-0.05, 0) is 101 Å². The molecule has 0 aliphatic carbocycles. The molecule has 7 aromatic rings. The van der Waals surface area contributed by atoms with Crippen LogP contribution in [-0.2, 0) is 0 Å². The minimum absolute atomic E-state index is 0.205. The van der Waals surface area contributed by atoms with Gasteiger partial charge in [0.1, 0.15) is 0 Å². The molecular formula is C55H58N2P4. The third kappa shape index (κ3) is 8.97. The summed E-state index contributed by atoms with van der Waals surface area (Å²) in [7, 11) is 0.144. The van der Waals surface area contributed by atoms with E-state index in [9.17, 15) is 0 Å². The highest BCUT2D eigenvalue weighted by Crippen LogP contribution is 2.80. The molecule has 7 aromatic carbocycles. The Labute approximate surface area is 370 Å². The molecule has 2 aliphatic rings. The van der Waals surface area contributed by atoms with Crippen molar-refractivity contribution >= 4 is 48.6 Å². The van der Waals surface area contributed by atoms with Gasteiger partial charge in [0.25, 0.3) is 0 Å². The fraction of sp³-hybridized carbons (Fsp3) is 0.236. The smallest absolute Gasteiger partial charge is 0.0585 e. The van der Waals surface area contributed by atoms with Crippen LogP contribution in [0, 0.1) is 0 Å². The SMILES string of the molecule is CCP(CC)N(C)P1[C@@H](c2ccccc2)CC(c2ccc(P(c3ccccc3)N(c3ccccc3)P3[C@@H](c4ccccc4)CC[C@@H]3c3ccccc3)cc2)[C@@H]1c1ccccc1. The Morgan fingerprint density at radius 1 is 0.443 bits per heavy atom. The topological polar surface area (TPSA) is 6.48 Å². The van der Waals surface area contributed by atoms with Crippen molar-refractivity contribution in [3.8, 4) is 0 Å². The number of anilines is 1. The molecule has 2 aliphatic heterocycles.